The van der Waals surface area contributed by atoms with Gasteiger partial charge in [-0.1, -0.05) is 0 Å². The van der Waals surface area contributed by atoms with Crippen molar-refractivity contribution in [2.24, 2.45) is 5.92 Å². The van der Waals surface area contributed by atoms with E-state index in [1.54, 1.807) is 7.05 Å². The highest BCUT2D eigenvalue weighted by atomic mass is 79.9. The largest absolute Gasteiger partial charge is 0.481 e. The number of carbonyl (C=O) groups is 1. The minimum absolute atomic E-state index is 0.261. The number of halogens is 1. The van der Waals surface area contributed by atoms with E-state index < -0.39 is 22.1 Å². The summed E-state index contributed by atoms with van der Waals surface area (Å²) >= 11 is 4.87. The minimum atomic E-state index is -3.54. The van der Waals surface area contributed by atoms with Crippen LogP contribution < -0.4 is 0 Å². The second kappa shape index (κ2) is 6.74. The van der Waals surface area contributed by atoms with Gasteiger partial charge in [-0.15, -0.1) is 11.3 Å². The van der Waals surface area contributed by atoms with Gasteiger partial charge in [0.2, 0.25) is 0 Å². The SMILES string of the molecule is CN(Cc1csc(Br)c1)S(=O)(=O)N1CCC(C(=O)O)CC1. The molecular formula is C12H17BrN2O4S2. The maximum absolute atomic E-state index is 12.5. The highest BCUT2D eigenvalue weighted by Crippen LogP contribution is 2.24. The van der Waals surface area contributed by atoms with Gasteiger partial charge in [0, 0.05) is 26.7 Å². The zero-order valence-electron chi connectivity index (χ0n) is 11.5. The summed E-state index contributed by atoms with van der Waals surface area (Å²) < 4.78 is 28.6. The smallest absolute Gasteiger partial charge is 0.306 e. The van der Waals surface area contributed by atoms with Crippen LogP contribution in [0.3, 0.4) is 0 Å². The Labute approximate surface area is 136 Å². The fourth-order valence-corrected chi connectivity index (χ4v) is 4.88. The van der Waals surface area contributed by atoms with E-state index in [0.717, 1.165) is 9.35 Å². The Balaban J connectivity index is 1.99. The molecule has 2 heterocycles. The lowest BCUT2D eigenvalue weighted by Gasteiger charge is -2.32. The predicted molar refractivity (Wildman–Crippen MR) is 84.3 cm³/mol. The Hall–Kier alpha value is -0.480. The number of hydrogen-bond acceptors (Lipinski definition) is 4. The number of thiophene rings is 1. The number of carboxylic acid groups (broad SMARTS) is 1. The molecule has 1 aromatic heterocycles. The standard InChI is InChI=1S/C12H17BrN2O4S2/c1-14(7-9-6-11(13)20-8-9)21(18,19)15-4-2-10(3-5-15)12(16)17/h6,8,10H,2-5,7H2,1H3,(H,16,17). The van der Waals surface area contributed by atoms with E-state index in [1.807, 2.05) is 11.4 Å². The lowest BCUT2D eigenvalue weighted by Crippen LogP contribution is -2.46. The van der Waals surface area contributed by atoms with Crippen molar-refractivity contribution in [3.63, 3.8) is 0 Å². The Bertz CT molecular complexity index is 609. The maximum atomic E-state index is 12.5. The van der Waals surface area contributed by atoms with Gasteiger partial charge in [0.1, 0.15) is 0 Å². The molecule has 1 fully saturated rings. The fraction of sp³-hybridized carbons (Fsp3) is 0.583. The number of aliphatic carboxylic acids is 1. The summed E-state index contributed by atoms with van der Waals surface area (Å²) in [6, 6.07) is 1.90. The molecule has 0 aliphatic carbocycles. The summed E-state index contributed by atoms with van der Waals surface area (Å²) in [5.74, 6) is -1.28. The van der Waals surface area contributed by atoms with Crippen LogP contribution in [0.25, 0.3) is 0 Å². The van der Waals surface area contributed by atoms with Gasteiger partial charge < -0.3 is 5.11 Å². The van der Waals surface area contributed by atoms with Crippen molar-refractivity contribution >= 4 is 43.4 Å². The second-order valence-corrected chi connectivity index (χ2v) is 9.36. The first kappa shape index (κ1) is 16.9. The first-order valence-electron chi connectivity index (χ1n) is 6.48. The average Bonchev–Trinajstić information content (AvgIpc) is 2.84. The molecule has 1 aromatic rings. The van der Waals surface area contributed by atoms with Crippen LogP contribution in [-0.4, -0.2) is 48.2 Å². The molecule has 6 nitrogen and oxygen atoms in total. The molecule has 0 saturated carbocycles. The molecule has 0 radical (unpaired) electrons. The molecule has 1 aliphatic rings. The Morgan fingerprint density at radius 3 is 2.62 bits per heavy atom. The molecule has 118 valence electrons. The first-order valence-corrected chi connectivity index (χ1v) is 9.55. The molecule has 1 saturated heterocycles. The van der Waals surface area contributed by atoms with Gasteiger partial charge in [-0.3, -0.25) is 4.79 Å². The number of rotatable bonds is 5. The van der Waals surface area contributed by atoms with Gasteiger partial charge in [0.15, 0.2) is 0 Å². The van der Waals surface area contributed by atoms with Gasteiger partial charge >= 0.3 is 5.97 Å². The van der Waals surface area contributed by atoms with E-state index in [4.69, 9.17) is 5.11 Å². The van der Waals surface area contributed by atoms with E-state index in [9.17, 15) is 13.2 Å². The molecule has 0 amide bonds. The summed E-state index contributed by atoms with van der Waals surface area (Å²) in [4.78, 5) is 10.9. The molecule has 21 heavy (non-hydrogen) atoms. The summed E-state index contributed by atoms with van der Waals surface area (Å²) in [5.41, 5.74) is 0.929. The molecule has 0 unspecified atom stereocenters. The number of piperidine rings is 1. The number of nitrogens with zero attached hydrogens (tertiary/aromatic N) is 2. The Kier molecular flexibility index (Phi) is 5.42. The molecule has 9 heteroatoms. The van der Waals surface area contributed by atoms with Crippen LogP contribution in [0.1, 0.15) is 18.4 Å². The fourth-order valence-electron chi connectivity index (χ4n) is 2.30. The minimum Gasteiger partial charge on any atom is -0.481 e. The van der Waals surface area contributed by atoms with E-state index >= 15 is 0 Å². The molecule has 0 spiro atoms. The molecule has 1 aliphatic heterocycles. The molecule has 2 rings (SSSR count). The van der Waals surface area contributed by atoms with Crippen LogP contribution in [0.4, 0.5) is 0 Å². The maximum Gasteiger partial charge on any atom is 0.306 e. The Morgan fingerprint density at radius 1 is 1.52 bits per heavy atom. The summed E-state index contributed by atoms with van der Waals surface area (Å²) in [6.45, 7) is 0.831. The van der Waals surface area contributed by atoms with Gasteiger partial charge in [0.25, 0.3) is 10.2 Å². The lowest BCUT2D eigenvalue weighted by atomic mass is 9.99. The van der Waals surface area contributed by atoms with Crippen molar-refractivity contribution in [2.45, 2.75) is 19.4 Å². The second-order valence-electron chi connectivity index (χ2n) is 5.03. The highest BCUT2D eigenvalue weighted by Gasteiger charge is 2.33. The first-order chi connectivity index (χ1) is 9.80. The number of carboxylic acids is 1. The van der Waals surface area contributed by atoms with Gasteiger partial charge in [-0.05, 0) is 45.8 Å². The van der Waals surface area contributed by atoms with Crippen molar-refractivity contribution in [1.82, 2.24) is 8.61 Å². The van der Waals surface area contributed by atoms with Crippen LogP contribution in [0.2, 0.25) is 0 Å². The van der Waals surface area contributed by atoms with Crippen molar-refractivity contribution in [3.8, 4) is 0 Å². The normalized spacial score (nSPS) is 18.2. The van der Waals surface area contributed by atoms with Crippen LogP contribution >= 0.6 is 27.3 Å². The third-order valence-corrected chi connectivity index (χ3v) is 7.04. The van der Waals surface area contributed by atoms with E-state index in [0.29, 0.717) is 19.4 Å². The van der Waals surface area contributed by atoms with Crippen molar-refractivity contribution in [2.75, 3.05) is 20.1 Å². The topological polar surface area (TPSA) is 77.9 Å². The summed E-state index contributed by atoms with van der Waals surface area (Å²) in [5, 5.41) is 10.9. The lowest BCUT2D eigenvalue weighted by molar-refractivity contribution is -0.142. The van der Waals surface area contributed by atoms with Gasteiger partial charge in [-0.25, -0.2) is 0 Å². The summed E-state index contributed by atoms with van der Waals surface area (Å²) in [6.07, 6.45) is 0.735. The molecular weight excluding hydrogens is 380 g/mol. The molecule has 0 bridgehead atoms. The van der Waals surface area contributed by atoms with Crippen LogP contribution in [0.5, 0.6) is 0 Å². The zero-order valence-corrected chi connectivity index (χ0v) is 14.7. The van der Waals surface area contributed by atoms with Crippen molar-refractivity contribution in [1.29, 1.82) is 0 Å². The van der Waals surface area contributed by atoms with Gasteiger partial charge in [0.05, 0.1) is 9.70 Å². The summed E-state index contributed by atoms with van der Waals surface area (Å²) in [7, 11) is -1.99. The van der Waals surface area contributed by atoms with Crippen LogP contribution in [-0.2, 0) is 21.5 Å². The number of hydrogen-bond donors (Lipinski definition) is 1. The van der Waals surface area contributed by atoms with Crippen molar-refractivity contribution in [3.05, 3.63) is 20.8 Å². The van der Waals surface area contributed by atoms with E-state index in [1.165, 1.54) is 19.9 Å². The third kappa shape index (κ3) is 4.04. The monoisotopic (exact) mass is 396 g/mol. The average molecular weight is 397 g/mol. The quantitative estimate of drug-likeness (QED) is 0.824. The molecule has 0 aromatic carbocycles. The van der Waals surface area contributed by atoms with Crippen molar-refractivity contribution < 1.29 is 18.3 Å². The van der Waals surface area contributed by atoms with E-state index in [-0.39, 0.29) is 13.1 Å². The molecule has 1 N–H and O–H groups in total. The third-order valence-electron chi connectivity index (χ3n) is 3.55. The highest BCUT2D eigenvalue weighted by molar-refractivity contribution is 9.11. The Morgan fingerprint density at radius 2 is 2.14 bits per heavy atom. The van der Waals surface area contributed by atoms with E-state index in [2.05, 4.69) is 15.9 Å². The zero-order chi connectivity index (χ0) is 15.6. The molecule has 0 atom stereocenters. The van der Waals surface area contributed by atoms with Crippen LogP contribution in [0.15, 0.2) is 15.2 Å². The van der Waals surface area contributed by atoms with Gasteiger partial charge in [-0.2, -0.15) is 17.0 Å². The predicted octanol–water partition coefficient (Wildman–Crippen LogP) is 1.98. The van der Waals surface area contributed by atoms with Crippen LogP contribution in [0, 0.1) is 5.92 Å².